The van der Waals surface area contributed by atoms with Crippen molar-refractivity contribution in [2.45, 2.75) is 187 Å². The summed E-state index contributed by atoms with van der Waals surface area (Å²) in [6.45, 7) is 3.99. The van der Waals surface area contributed by atoms with Gasteiger partial charge in [-0.15, -0.1) is 0 Å². The number of allylic oxidation sites excluding steroid dienone is 10. The molecule has 0 aromatic heterocycles. The van der Waals surface area contributed by atoms with Crippen LogP contribution in [0.15, 0.2) is 72.9 Å². The van der Waals surface area contributed by atoms with Gasteiger partial charge in [0.25, 0.3) is 7.82 Å². The van der Waals surface area contributed by atoms with E-state index in [2.05, 4.69) is 56.4 Å². The number of unbranched alkanes of at least 4 members (excludes halogenated alkanes) is 16. The van der Waals surface area contributed by atoms with Gasteiger partial charge in [0, 0.05) is 12.8 Å². The van der Waals surface area contributed by atoms with E-state index in [1.807, 2.05) is 39.4 Å². The van der Waals surface area contributed by atoms with Crippen molar-refractivity contribution in [1.29, 1.82) is 0 Å². The van der Waals surface area contributed by atoms with Gasteiger partial charge in [0.1, 0.15) is 19.8 Å². The minimum Gasteiger partial charge on any atom is -0.756 e. The minimum atomic E-state index is -4.66. The van der Waals surface area contributed by atoms with Crippen molar-refractivity contribution in [3.8, 4) is 0 Å². The second-order valence-corrected chi connectivity index (χ2v) is 18.4. The molecule has 0 saturated carbocycles. The van der Waals surface area contributed by atoms with Crippen LogP contribution in [0.2, 0.25) is 0 Å². The lowest BCUT2D eigenvalue weighted by molar-refractivity contribution is -0.870. The van der Waals surface area contributed by atoms with E-state index in [-0.39, 0.29) is 26.1 Å². The molecule has 0 bridgehead atoms. The summed E-state index contributed by atoms with van der Waals surface area (Å²) < 4.78 is 33.8. The zero-order valence-electron chi connectivity index (χ0n) is 39.2. The normalized spacial score (nSPS) is 14.7. The number of quaternary nitrogens is 1. The zero-order valence-corrected chi connectivity index (χ0v) is 40.1. The highest BCUT2D eigenvalue weighted by Crippen LogP contribution is 2.38. The molecule has 0 aliphatic heterocycles. The van der Waals surface area contributed by atoms with Gasteiger partial charge in [-0.3, -0.25) is 14.2 Å². The second kappa shape index (κ2) is 41.4. The Morgan fingerprint density at radius 3 is 1.69 bits per heavy atom. The predicted molar refractivity (Wildman–Crippen MR) is 251 cm³/mol. The van der Waals surface area contributed by atoms with Crippen molar-refractivity contribution in [3.63, 3.8) is 0 Å². The van der Waals surface area contributed by atoms with Crippen molar-refractivity contribution < 1.29 is 47.2 Å². The third-order valence-corrected chi connectivity index (χ3v) is 10.7. The van der Waals surface area contributed by atoms with Gasteiger partial charge < -0.3 is 33.0 Å². The lowest BCUT2D eigenvalue weighted by atomic mass is 10.1. The Morgan fingerprint density at radius 1 is 0.607 bits per heavy atom. The lowest BCUT2D eigenvalue weighted by Gasteiger charge is -2.28. The Labute approximate surface area is 372 Å². The number of hydrogen-bond acceptors (Lipinski definition) is 9. The Balaban J connectivity index is 4.49. The predicted octanol–water partition coefficient (Wildman–Crippen LogP) is 12.1. The van der Waals surface area contributed by atoms with Crippen LogP contribution in [-0.2, 0) is 32.7 Å². The van der Waals surface area contributed by atoms with Crippen molar-refractivity contribution >= 4 is 19.8 Å². The van der Waals surface area contributed by atoms with Crippen molar-refractivity contribution in [3.05, 3.63) is 72.9 Å². The number of carbonyl (C=O) groups excluding carboxylic acids is 2. The van der Waals surface area contributed by atoms with Crippen LogP contribution >= 0.6 is 7.82 Å². The number of aliphatic hydroxyl groups excluding tert-OH is 1. The Morgan fingerprint density at radius 2 is 1.11 bits per heavy atom. The molecule has 1 N–H and O–H groups in total. The molecule has 0 aromatic carbocycles. The molecule has 0 aliphatic rings. The fourth-order valence-corrected chi connectivity index (χ4v) is 6.72. The zero-order chi connectivity index (χ0) is 45.1. The highest BCUT2D eigenvalue weighted by molar-refractivity contribution is 7.45. The van der Waals surface area contributed by atoms with Gasteiger partial charge in [-0.1, -0.05) is 157 Å². The number of phosphoric ester groups is 1. The molecule has 10 nitrogen and oxygen atoms in total. The van der Waals surface area contributed by atoms with Crippen LogP contribution in [0.3, 0.4) is 0 Å². The standard InChI is InChI=1S/C50H88NO9P/c1-6-8-10-12-14-16-17-18-19-20-21-22-23-24-25-27-29-33-38-42-50(54)60-48(46-59-61(55,56)58-44-43-51(3,4)5)45-57-49(53)41-37-34-30-32-36-40-47(52)39-35-31-28-26-15-13-11-9-7-2/h14-16,18-19,26,30-32,35-36,40,47-48,52H,6-13,17,20-25,27-29,33-34,37-39,41-46H2,1-5H3/b16-14-,19-18-,26-15-,32-30+,35-31-,40-36-/t47?,48-/m1/s1. The highest BCUT2D eigenvalue weighted by atomic mass is 31.2. The van der Waals surface area contributed by atoms with Crippen molar-refractivity contribution in [2.24, 2.45) is 0 Å². The van der Waals surface area contributed by atoms with Gasteiger partial charge in [0.05, 0.1) is 33.9 Å². The first-order valence-corrected chi connectivity index (χ1v) is 25.2. The maximum Gasteiger partial charge on any atom is 0.306 e. The van der Waals surface area contributed by atoms with Gasteiger partial charge in [0.2, 0.25) is 0 Å². The fourth-order valence-electron chi connectivity index (χ4n) is 5.99. The molecule has 352 valence electrons. The molecule has 0 saturated heterocycles. The van der Waals surface area contributed by atoms with Crippen LogP contribution in [0.5, 0.6) is 0 Å². The average Bonchev–Trinajstić information content (AvgIpc) is 3.21. The molecular weight excluding hydrogens is 790 g/mol. The molecule has 3 atom stereocenters. The number of carbonyl (C=O) groups is 2. The number of likely N-dealkylation sites (N-methyl/N-ethyl adjacent to an activating group) is 1. The van der Waals surface area contributed by atoms with Crippen LogP contribution < -0.4 is 4.89 Å². The summed E-state index contributed by atoms with van der Waals surface area (Å²) in [5.41, 5.74) is 0. The first-order chi connectivity index (χ1) is 29.4. The van der Waals surface area contributed by atoms with E-state index in [0.717, 1.165) is 44.9 Å². The highest BCUT2D eigenvalue weighted by Gasteiger charge is 2.21. The summed E-state index contributed by atoms with van der Waals surface area (Å²) in [6, 6.07) is 0. The maximum absolute atomic E-state index is 12.7. The van der Waals surface area contributed by atoms with Crippen molar-refractivity contribution in [2.75, 3.05) is 47.5 Å². The molecule has 0 aliphatic carbocycles. The number of hydrogen-bond donors (Lipinski definition) is 1. The Hall–Kier alpha value is -2.59. The van der Waals surface area contributed by atoms with Crippen molar-refractivity contribution in [1.82, 2.24) is 0 Å². The van der Waals surface area contributed by atoms with E-state index in [1.165, 1.54) is 77.0 Å². The van der Waals surface area contributed by atoms with Crippen LogP contribution in [0.4, 0.5) is 0 Å². The minimum absolute atomic E-state index is 0.0571. The molecule has 0 radical (unpaired) electrons. The van der Waals surface area contributed by atoms with Crippen LogP contribution in [0.25, 0.3) is 0 Å². The number of esters is 2. The molecule has 2 unspecified atom stereocenters. The monoisotopic (exact) mass is 878 g/mol. The molecule has 0 aromatic rings. The summed E-state index contributed by atoms with van der Waals surface area (Å²) in [5.74, 6) is -0.973. The number of ether oxygens (including phenoxy) is 2. The third-order valence-electron chi connectivity index (χ3n) is 9.78. The quantitative estimate of drug-likeness (QED) is 0.0159. The average molecular weight is 878 g/mol. The Bertz CT molecular complexity index is 1280. The molecule has 11 heteroatoms. The van der Waals surface area contributed by atoms with E-state index < -0.39 is 38.6 Å². The Kier molecular flexibility index (Phi) is 39.7. The molecule has 0 heterocycles. The molecule has 0 fully saturated rings. The smallest absolute Gasteiger partial charge is 0.306 e. The topological polar surface area (TPSA) is 131 Å². The molecule has 61 heavy (non-hydrogen) atoms. The fraction of sp³-hybridized carbons (Fsp3) is 0.720. The van der Waals surface area contributed by atoms with E-state index in [9.17, 15) is 24.2 Å². The summed E-state index contributed by atoms with van der Waals surface area (Å²) in [6.07, 6.45) is 48.1. The van der Waals surface area contributed by atoms with E-state index in [4.69, 9.17) is 18.5 Å². The van der Waals surface area contributed by atoms with E-state index in [0.29, 0.717) is 36.7 Å². The number of aliphatic hydroxyl groups is 1. The van der Waals surface area contributed by atoms with Gasteiger partial charge in [-0.05, 0) is 77.0 Å². The summed E-state index contributed by atoms with van der Waals surface area (Å²) in [4.78, 5) is 37.6. The molecular formula is C50H88NO9P. The van der Waals surface area contributed by atoms with Crippen LogP contribution in [0, 0.1) is 0 Å². The third kappa shape index (κ3) is 45.3. The largest absolute Gasteiger partial charge is 0.756 e. The first kappa shape index (κ1) is 58.4. The molecule has 0 spiro atoms. The van der Waals surface area contributed by atoms with Gasteiger partial charge in [0.15, 0.2) is 6.10 Å². The van der Waals surface area contributed by atoms with E-state index >= 15 is 0 Å². The SMILES string of the molecule is CCCCC/C=C\C/C=C\CCCCCCCCCCCC(=O)O[C@H](COC(=O)CCC/C=C/C=C\C(O)C/C=C\C/C=C\CCCCC)COP(=O)([O-])OCC[N+](C)(C)C. The van der Waals surface area contributed by atoms with Gasteiger partial charge in [-0.2, -0.15) is 0 Å². The summed E-state index contributed by atoms with van der Waals surface area (Å²) in [5, 5.41) is 10.1. The molecule has 0 amide bonds. The number of phosphoric acid groups is 1. The molecule has 0 rings (SSSR count). The number of nitrogens with zero attached hydrogens (tertiary/aromatic N) is 1. The number of rotatable bonds is 42. The summed E-state index contributed by atoms with van der Waals surface area (Å²) >= 11 is 0. The van der Waals surface area contributed by atoms with Gasteiger partial charge >= 0.3 is 11.9 Å². The van der Waals surface area contributed by atoms with Crippen LogP contribution in [0.1, 0.15) is 174 Å². The lowest BCUT2D eigenvalue weighted by Crippen LogP contribution is -2.37. The summed E-state index contributed by atoms with van der Waals surface area (Å²) in [7, 11) is 1.08. The second-order valence-electron chi connectivity index (χ2n) is 17.0. The maximum atomic E-state index is 12.7. The van der Waals surface area contributed by atoms with E-state index in [1.54, 1.807) is 12.2 Å². The first-order valence-electron chi connectivity index (χ1n) is 23.8. The van der Waals surface area contributed by atoms with Crippen LogP contribution in [-0.4, -0.2) is 81.2 Å². The van der Waals surface area contributed by atoms with Gasteiger partial charge in [-0.25, -0.2) is 0 Å².